The maximum Gasteiger partial charge on any atom is 0.410 e. The molecule has 1 aliphatic heterocycles. The van der Waals surface area contributed by atoms with Crippen LogP contribution < -0.4 is 10.2 Å². The lowest BCUT2D eigenvalue weighted by Crippen LogP contribution is -2.48. The maximum absolute atomic E-state index is 13.7. The molecule has 0 unspecified atom stereocenters. The van der Waals surface area contributed by atoms with Crippen LogP contribution in [0, 0.1) is 24.1 Å². The molecular formula is C30H39FN6O4. The minimum absolute atomic E-state index is 0.100. The van der Waals surface area contributed by atoms with Gasteiger partial charge >= 0.3 is 6.09 Å². The number of hydrogen-bond acceptors (Lipinski definition) is 7. The van der Waals surface area contributed by atoms with Crippen molar-refractivity contribution in [3.05, 3.63) is 64.5 Å². The van der Waals surface area contributed by atoms with Crippen molar-refractivity contribution in [2.24, 2.45) is 0 Å². The summed E-state index contributed by atoms with van der Waals surface area (Å²) < 4.78 is 19.1. The van der Waals surface area contributed by atoms with E-state index in [1.165, 1.54) is 22.0 Å². The number of nitrogens with one attached hydrogen (secondary N) is 1. The van der Waals surface area contributed by atoms with Crippen molar-refractivity contribution in [1.82, 2.24) is 20.2 Å². The number of likely N-dealkylation sites (N-methyl/N-ethyl adjacent to an activating group) is 2. The number of aryl methyl sites for hydroxylation is 1. The largest absolute Gasteiger partial charge is 0.444 e. The molecule has 41 heavy (non-hydrogen) atoms. The maximum atomic E-state index is 13.7. The summed E-state index contributed by atoms with van der Waals surface area (Å²) in [6, 6.07) is 11.8. The van der Waals surface area contributed by atoms with Gasteiger partial charge in [-0.15, -0.1) is 0 Å². The molecule has 0 bridgehead atoms. The third-order valence-electron chi connectivity index (χ3n) is 6.72. The van der Waals surface area contributed by atoms with Gasteiger partial charge in [0.2, 0.25) is 5.91 Å². The molecular weight excluding hydrogens is 527 g/mol. The van der Waals surface area contributed by atoms with Gasteiger partial charge in [0.1, 0.15) is 11.4 Å². The van der Waals surface area contributed by atoms with E-state index in [4.69, 9.17) is 4.74 Å². The summed E-state index contributed by atoms with van der Waals surface area (Å²) in [6.07, 6.45) is -0.454. The van der Waals surface area contributed by atoms with Crippen LogP contribution in [0.25, 0.3) is 0 Å². The molecule has 220 valence electrons. The van der Waals surface area contributed by atoms with Crippen LogP contribution in [-0.2, 0) is 27.4 Å². The summed E-state index contributed by atoms with van der Waals surface area (Å²) >= 11 is 0. The second kappa shape index (κ2) is 13.5. The third-order valence-corrected chi connectivity index (χ3v) is 6.72. The zero-order valence-electron chi connectivity index (χ0n) is 24.7. The average molecular weight is 567 g/mol. The SMILES string of the molecule is CCN(CCNC(=O)CN(CC(=O)N(C)N1Cc2ccc(F)cc2C1)c1ccc(C#N)cc1C)C(=O)OC(C)(C)C. The minimum Gasteiger partial charge on any atom is -0.444 e. The predicted octanol–water partition coefficient (Wildman–Crippen LogP) is 3.57. The number of amides is 3. The van der Waals surface area contributed by atoms with Gasteiger partial charge < -0.3 is 19.9 Å². The molecule has 0 radical (unpaired) electrons. The highest BCUT2D eigenvalue weighted by Crippen LogP contribution is 2.25. The first-order valence-corrected chi connectivity index (χ1v) is 13.6. The van der Waals surface area contributed by atoms with Gasteiger partial charge in [0.05, 0.1) is 24.7 Å². The summed E-state index contributed by atoms with van der Waals surface area (Å²) in [4.78, 5) is 42.0. The predicted molar refractivity (Wildman–Crippen MR) is 153 cm³/mol. The Labute approximate surface area is 241 Å². The summed E-state index contributed by atoms with van der Waals surface area (Å²) in [5, 5.41) is 15.4. The van der Waals surface area contributed by atoms with Crippen LogP contribution in [0.4, 0.5) is 14.9 Å². The van der Waals surface area contributed by atoms with Crippen LogP contribution in [0.15, 0.2) is 36.4 Å². The number of hydrazine groups is 1. The molecule has 3 rings (SSSR count). The Kier molecular flexibility index (Phi) is 10.3. The van der Waals surface area contributed by atoms with Crippen LogP contribution in [0.2, 0.25) is 0 Å². The fraction of sp³-hybridized carbons (Fsp3) is 0.467. The molecule has 0 aromatic heterocycles. The molecule has 3 amide bonds. The Morgan fingerprint density at radius 1 is 1.10 bits per heavy atom. The standard InChI is InChI=1S/C30H39FN6O4/c1-7-35(29(40)41-30(3,4)5)13-12-33-27(38)19-36(26-11-8-22(16-32)14-21(26)2)20-28(39)34(6)37-17-23-9-10-25(31)15-24(23)18-37/h8-11,14-15H,7,12-13,17-20H2,1-6H3,(H,33,38). The molecule has 0 spiro atoms. The van der Waals surface area contributed by atoms with E-state index in [1.807, 2.05) is 18.9 Å². The van der Waals surface area contributed by atoms with E-state index >= 15 is 0 Å². The fourth-order valence-corrected chi connectivity index (χ4v) is 4.55. The topological polar surface area (TPSA) is 109 Å². The van der Waals surface area contributed by atoms with E-state index in [0.29, 0.717) is 30.9 Å². The summed E-state index contributed by atoms with van der Waals surface area (Å²) in [5.74, 6) is -0.897. The van der Waals surface area contributed by atoms with E-state index in [1.54, 1.807) is 57.0 Å². The highest BCUT2D eigenvalue weighted by molar-refractivity contribution is 5.86. The second-order valence-electron chi connectivity index (χ2n) is 11.0. The Balaban J connectivity index is 1.67. The molecule has 1 N–H and O–H groups in total. The Morgan fingerprint density at radius 2 is 1.80 bits per heavy atom. The summed E-state index contributed by atoms with van der Waals surface area (Å²) in [6.45, 7) is 10.6. The fourth-order valence-electron chi connectivity index (χ4n) is 4.55. The average Bonchev–Trinajstić information content (AvgIpc) is 3.32. The molecule has 0 fully saturated rings. The normalized spacial score (nSPS) is 12.7. The van der Waals surface area contributed by atoms with Gasteiger partial charge in [-0.1, -0.05) is 6.07 Å². The lowest BCUT2D eigenvalue weighted by atomic mass is 10.1. The first-order chi connectivity index (χ1) is 19.3. The lowest BCUT2D eigenvalue weighted by Gasteiger charge is -2.32. The Hall–Kier alpha value is -4.17. The first kappa shape index (κ1) is 31.4. The molecule has 11 heteroatoms. The van der Waals surface area contributed by atoms with Crippen molar-refractivity contribution in [1.29, 1.82) is 5.26 Å². The van der Waals surface area contributed by atoms with Gasteiger partial charge in [-0.2, -0.15) is 5.26 Å². The minimum atomic E-state index is -0.624. The molecule has 1 heterocycles. The summed E-state index contributed by atoms with van der Waals surface area (Å²) in [5.41, 5.74) is 3.04. The number of fused-ring (bicyclic) bond motifs is 1. The van der Waals surface area contributed by atoms with E-state index in [0.717, 1.165) is 16.7 Å². The van der Waals surface area contributed by atoms with Crippen molar-refractivity contribution in [2.75, 3.05) is 44.7 Å². The van der Waals surface area contributed by atoms with Gasteiger partial charge in [-0.25, -0.2) is 14.2 Å². The molecule has 10 nitrogen and oxygen atoms in total. The Bertz CT molecular complexity index is 1320. The molecule has 0 saturated carbocycles. The molecule has 2 aromatic rings. The zero-order valence-corrected chi connectivity index (χ0v) is 24.7. The van der Waals surface area contributed by atoms with Gasteiger partial charge in [0.25, 0.3) is 5.91 Å². The number of anilines is 1. The third kappa shape index (κ3) is 8.66. The number of ether oxygens (including phenoxy) is 1. The molecule has 0 aliphatic carbocycles. The van der Waals surface area contributed by atoms with Crippen LogP contribution in [0.1, 0.15) is 49.9 Å². The van der Waals surface area contributed by atoms with Crippen molar-refractivity contribution in [3.63, 3.8) is 0 Å². The van der Waals surface area contributed by atoms with Gasteiger partial charge in [-0.3, -0.25) is 14.6 Å². The number of rotatable bonds is 10. The van der Waals surface area contributed by atoms with Crippen LogP contribution in [-0.4, -0.2) is 78.2 Å². The molecule has 0 atom stereocenters. The number of carbonyl (C=O) groups excluding carboxylic acids is 3. The highest BCUT2D eigenvalue weighted by Gasteiger charge is 2.28. The number of halogens is 1. The number of nitrogens with zero attached hydrogens (tertiary/aromatic N) is 5. The first-order valence-electron chi connectivity index (χ1n) is 13.6. The van der Waals surface area contributed by atoms with Gasteiger partial charge in [0, 0.05) is 45.5 Å². The van der Waals surface area contributed by atoms with Crippen molar-refractivity contribution in [3.8, 4) is 6.07 Å². The Morgan fingerprint density at radius 3 is 2.44 bits per heavy atom. The van der Waals surface area contributed by atoms with Crippen molar-refractivity contribution < 1.29 is 23.5 Å². The monoisotopic (exact) mass is 566 g/mol. The van der Waals surface area contributed by atoms with E-state index in [-0.39, 0.29) is 43.8 Å². The second-order valence-corrected chi connectivity index (χ2v) is 11.0. The van der Waals surface area contributed by atoms with Crippen molar-refractivity contribution >= 4 is 23.6 Å². The number of hydrogen-bond donors (Lipinski definition) is 1. The van der Waals surface area contributed by atoms with E-state index < -0.39 is 11.7 Å². The van der Waals surface area contributed by atoms with Crippen LogP contribution in [0.5, 0.6) is 0 Å². The van der Waals surface area contributed by atoms with Crippen molar-refractivity contribution in [2.45, 2.75) is 53.3 Å². The zero-order chi connectivity index (χ0) is 30.3. The van der Waals surface area contributed by atoms with Gasteiger partial charge in [0.15, 0.2) is 0 Å². The van der Waals surface area contributed by atoms with Gasteiger partial charge in [-0.05, 0) is 81.6 Å². The number of nitriles is 1. The number of benzene rings is 2. The quantitative estimate of drug-likeness (QED) is 0.468. The molecule has 1 aliphatic rings. The smallest absolute Gasteiger partial charge is 0.410 e. The number of carbonyl (C=O) groups is 3. The van der Waals surface area contributed by atoms with E-state index in [9.17, 15) is 24.0 Å². The highest BCUT2D eigenvalue weighted by atomic mass is 19.1. The van der Waals surface area contributed by atoms with Crippen LogP contribution in [0.3, 0.4) is 0 Å². The summed E-state index contributed by atoms with van der Waals surface area (Å²) in [7, 11) is 1.66. The lowest BCUT2D eigenvalue weighted by molar-refractivity contribution is -0.145. The molecule has 0 saturated heterocycles. The van der Waals surface area contributed by atoms with Crippen LogP contribution >= 0.6 is 0 Å². The van der Waals surface area contributed by atoms with E-state index in [2.05, 4.69) is 11.4 Å². The molecule has 2 aromatic carbocycles.